The third-order valence-corrected chi connectivity index (χ3v) is 2.90. The molecule has 0 heterocycles. The van der Waals surface area contributed by atoms with Crippen LogP contribution in [0.5, 0.6) is 0 Å². The molecule has 0 aliphatic carbocycles. The topological polar surface area (TPSA) is 32.3 Å². The second kappa shape index (κ2) is 6.01. The fraction of sp³-hybridized carbons (Fsp3) is 0.533. The van der Waals surface area contributed by atoms with Gasteiger partial charge in [0.2, 0.25) is 5.91 Å². The number of hydrogen-bond acceptors (Lipinski definition) is 2. The Hall–Kier alpha value is -1.35. The minimum Gasteiger partial charge on any atom is -0.348 e. The van der Waals surface area contributed by atoms with Crippen LogP contribution < -0.4 is 5.32 Å². The Morgan fingerprint density at radius 1 is 1.28 bits per heavy atom. The molecule has 0 saturated carbocycles. The van der Waals surface area contributed by atoms with Crippen molar-refractivity contribution >= 4 is 5.91 Å². The molecule has 0 aliphatic rings. The molecule has 0 spiro atoms. The van der Waals surface area contributed by atoms with E-state index >= 15 is 0 Å². The van der Waals surface area contributed by atoms with Crippen molar-refractivity contribution < 1.29 is 4.79 Å². The van der Waals surface area contributed by atoms with Crippen LogP contribution in [-0.2, 0) is 16.8 Å². The van der Waals surface area contributed by atoms with Crippen molar-refractivity contribution in [2.24, 2.45) is 0 Å². The van der Waals surface area contributed by atoms with E-state index in [0.29, 0.717) is 6.54 Å². The number of amides is 1. The molecule has 0 atom stereocenters. The van der Waals surface area contributed by atoms with Gasteiger partial charge in [0, 0.05) is 20.6 Å². The summed E-state index contributed by atoms with van der Waals surface area (Å²) in [4.78, 5) is 13.0. The maximum Gasteiger partial charge on any atom is 0.236 e. The quantitative estimate of drug-likeness (QED) is 0.885. The predicted molar refractivity (Wildman–Crippen MR) is 75.5 cm³/mol. The number of carbonyl (C=O) groups is 1. The molecule has 0 fully saturated rings. The summed E-state index contributed by atoms with van der Waals surface area (Å²) in [5.74, 6) is 0.0991. The Balaban J connectivity index is 2.56. The molecule has 18 heavy (non-hydrogen) atoms. The molecule has 3 heteroatoms. The standard InChI is InChI=1S/C15H24N2O/c1-15(2,3)13-8-6-7-12(9-13)10-16-11-14(18)17(4)5/h6-9,16H,10-11H2,1-5H3. The second-order valence-corrected chi connectivity index (χ2v) is 5.84. The molecule has 1 N–H and O–H groups in total. The van der Waals surface area contributed by atoms with Crippen molar-refractivity contribution in [2.45, 2.75) is 32.7 Å². The lowest BCUT2D eigenvalue weighted by atomic mass is 9.86. The van der Waals surface area contributed by atoms with E-state index in [0.717, 1.165) is 6.54 Å². The van der Waals surface area contributed by atoms with Crippen LogP contribution in [0, 0.1) is 0 Å². The van der Waals surface area contributed by atoms with E-state index in [-0.39, 0.29) is 11.3 Å². The third kappa shape index (κ3) is 4.49. The predicted octanol–water partition coefficient (Wildman–Crippen LogP) is 2.16. The van der Waals surface area contributed by atoms with Gasteiger partial charge < -0.3 is 10.2 Å². The molecule has 0 radical (unpaired) electrons. The highest BCUT2D eigenvalue weighted by Crippen LogP contribution is 2.22. The zero-order valence-electron chi connectivity index (χ0n) is 12.1. The smallest absolute Gasteiger partial charge is 0.236 e. The molecule has 1 amide bonds. The molecular formula is C15H24N2O. The van der Waals surface area contributed by atoms with Gasteiger partial charge in [0.25, 0.3) is 0 Å². The minimum atomic E-state index is 0.0991. The fourth-order valence-corrected chi connectivity index (χ4v) is 1.62. The molecular weight excluding hydrogens is 224 g/mol. The molecule has 1 rings (SSSR count). The summed E-state index contributed by atoms with van der Waals surface area (Å²) in [5, 5.41) is 3.17. The van der Waals surface area contributed by atoms with Gasteiger partial charge in [-0.3, -0.25) is 4.79 Å². The summed E-state index contributed by atoms with van der Waals surface area (Å²) >= 11 is 0. The van der Waals surface area contributed by atoms with Crippen molar-refractivity contribution in [3.05, 3.63) is 35.4 Å². The number of benzene rings is 1. The Kier molecular flexibility index (Phi) is 4.91. The van der Waals surface area contributed by atoms with Crippen LogP contribution in [0.15, 0.2) is 24.3 Å². The van der Waals surface area contributed by atoms with Crippen molar-refractivity contribution in [1.82, 2.24) is 10.2 Å². The van der Waals surface area contributed by atoms with Crippen LogP contribution in [-0.4, -0.2) is 31.4 Å². The third-order valence-electron chi connectivity index (χ3n) is 2.90. The van der Waals surface area contributed by atoms with Crippen LogP contribution in [0.3, 0.4) is 0 Å². The molecule has 1 aromatic rings. The first-order valence-electron chi connectivity index (χ1n) is 6.31. The highest BCUT2D eigenvalue weighted by molar-refractivity contribution is 5.77. The second-order valence-electron chi connectivity index (χ2n) is 5.84. The first kappa shape index (κ1) is 14.7. The van der Waals surface area contributed by atoms with Crippen LogP contribution in [0.1, 0.15) is 31.9 Å². The molecule has 1 aromatic carbocycles. The molecule has 0 aliphatic heterocycles. The van der Waals surface area contributed by atoms with Crippen molar-refractivity contribution in [3.8, 4) is 0 Å². The van der Waals surface area contributed by atoms with Gasteiger partial charge in [-0.05, 0) is 16.5 Å². The molecule has 0 unspecified atom stereocenters. The maximum atomic E-state index is 11.4. The summed E-state index contributed by atoms with van der Waals surface area (Å²) < 4.78 is 0. The summed E-state index contributed by atoms with van der Waals surface area (Å²) in [7, 11) is 3.54. The zero-order valence-corrected chi connectivity index (χ0v) is 12.1. The highest BCUT2D eigenvalue weighted by atomic mass is 16.2. The maximum absolute atomic E-state index is 11.4. The van der Waals surface area contributed by atoms with E-state index in [4.69, 9.17) is 0 Å². The lowest BCUT2D eigenvalue weighted by Crippen LogP contribution is -2.32. The van der Waals surface area contributed by atoms with Gasteiger partial charge >= 0.3 is 0 Å². The number of hydrogen-bond donors (Lipinski definition) is 1. The summed E-state index contributed by atoms with van der Waals surface area (Å²) in [6.45, 7) is 7.72. The number of carbonyl (C=O) groups excluding carboxylic acids is 1. The number of nitrogens with zero attached hydrogens (tertiary/aromatic N) is 1. The largest absolute Gasteiger partial charge is 0.348 e. The van der Waals surface area contributed by atoms with Crippen molar-refractivity contribution in [1.29, 1.82) is 0 Å². The minimum absolute atomic E-state index is 0.0991. The number of nitrogens with one attached hydrogen (secondary N) is 1. The lowest BCUT2D eigenvalue weighted by molar-refractivity contribution is -0.127. The number of rotatable bonds is 4. The summed E-state index contributed by atoms with van der Waals surface area (Å²) in [5.41, 5.74) is 2.70. The Bertz CT molecular complexity index is 405. The zero-order chi connectivity index (χ0) is 13.8. The first-order valence-corrected chi connectivity index (χ1v) is 6.31. The Morgan fingerprint density at radius 3 is 2.50 bits per heavy atom. The van der Waals surface area contributed by atoms with Crippen molar-refractivity contribution in [3.63, 3.8) is 0 Å². The normalized spacial score (nSPS) is 11.4. The lowest BCUT2D eigenvalue weighted by Gasteiger charge is -2.20. The van der Waals surface area contributed by atoms with Gasteiger partial charge in [0.05, 0.1) is 6.54 Å². The van der Waals surface area contributed by atoms with E-state index in [1.165, 1.54) is 11.1 Å². The van der Waals surface area contributed by atoms with Crippen LogP contribution in [0.4, 0.5) is 0 Å². The van der Waals surface area contributed by atoms with Gasteiger partial charge in [-0.25, -0.2) is 0 Å². The van der Waals surface area contributed by atoms with Crippen molar-refractivity contribution in [2.75, 3.05) is 20.6 Å². The average molecular weight is 248 g/mol. The fourth-order valence-electron chi connectivity index (χ4n) is 1.62. The van der Waals surface area contributed by atoms with Crippen LogP contribution in [0.2, 0.25) is 0 Å². The van der Waals surface area contributed by atoms with Gasteiger partial charge in [-0.2, -0.15) is 0 Å². The number of likely N-dealkylation sites (N-methyl/N-ethyl adjacent to an activating group) is 1. The van der Waals surface area contributed by atoms with E-state index < -0.39 is 0 Å². The monoisotopic (exact) mass is 248 g/mol. The van der Waals surface area contributed by atoms with Crippen LogP contribution in [0.25, 0.3) is 0 Å². The van der Waals surface area contributed by atoms with E-state index in [9.17, 15) is 4.79 Å². The molecule has 0 bridgehead atoms. The molecule has 3 nitrogen and oxygen atoms in total. The Labute approximate surface area is 110 Å². The van der Waals surface area contributed by atoms with Gasteiger partial charge in [0.15, 0.2) is 0 Å². The molecule has 0 saturated heterocycles. The Morgan fingerprint density at radius 2 is 1.94 bits per heavy atom. The van der Waals surface area contributed by atoms with E-state index in [1.54, 1.807) is 19.0 Å². The average Bonchev–Trinajstić information content (AvgIpc) is 2.28. The van der Waals surface area contributed by atoms with Gasteiger partial charge in [-0.15, -0.1) is 0 Å². The van der Waals surface area contributed by atoms with Gasteiger partial charge in [-0.1, -0.05) is 45.0 Å². The summed E-state index contributed by atoms with van der Waals surface area (Å²) in [6.07, 6.45) is 0. The van der Waals surface area contributed by atoms with E-state index in [1.807, 2.05) is 0 Å². The first-order chi connectivity index (χ1) is 8.30. The SMILES string of the molecule is CN(C)C(=O)CNCc1cccc(C(C)(C)C)c1. The van der Waals surface area contributed by atoms with Crippen LogP contribution >= 0.6 is 0 Å². The van der Waals surface area contributed by atoms with E-state index in [2.05, 4.69) is 50.4 Å². The molecule has 0 aromatic heterocycles. The summed E-state index contributed by atoms with van der Waals surface area (Å²) in [6, 6.07) is 8.51. The molecule has 100 valence electrons. The van der Waals surface area contributed by atoms with Gasteiger partial charge in [0.1, 0.15) is 0 Å². The highest BCUT2D eigenvalue weighted by Gasteiger charge is 2.13.